The van der Waals surface area contributed by atoms with Crippen LogP contribution in [0, 0.1) is 5.82 Å². The molecule has 3 aromatic rings. The molecular formula is C21H25FN6O. The van der Waals surface area contributed by atoms with Crippen molar-refractivity contribution in [2.75, 3.05) is 13.1 Å². The molecule has 7 nitrogen and oxygen atoms in total. The first-order valence-electron chi connectivity index (χ1n) is 9.61. The Morgan fingerprint density at radius 1 is 1.17 bits per heavy atom. The summed E-state index contributed by atoms with van der Waals surface area (Å²) in [5, 5.41) is 10.8. The van der Waals surface area contributed by atoms with Crippen molar-refractivity contribution in [3.8, 4) is 11.6 Å². The normalized spacial score (nSPS) is 11.3. The molecule has 0 amide bonds. The Balaban J connectivity index is 1.48. The summed E-state index contributed by atoms with van der Waals surface area (Å²) < 4.78 is 20.5. The lowest BCUT2D eigenvalue weighted by atomic mass is 10.3. The average Bonchev–Trinajstić information content (AvgIpc) is 3.25. The molecule has 8 heteroatoms. The van der Waals surface area contributed by atoms with Gasteiger partial charge in [0.2, 0.25) is 5.88 Å². The summed E-state index contributed by atoms with van der Waals surface area (Å²) in [5.74, 6) is 1.45. The zero-order valence-electron chi connectivity index (χ0n) is 16.4. The third-order valence-corrected chi connectivity index (χ3v) is 4.01. The molecule has 152 valence electrons. The molecule has 0 atom stereocenters. The van der Waals surface area contributed by atoms with E-state index in [2.05, 4.69) is 25.7 Å². The quantitative estimate of drug-likeness (QED) is 0.330. The third-order valence-electron chi connectivity index (χ3n) is 4.01. The first-order chi connectivity index (χ1) is 14.2. The highest BCUT2D eigenvalue weighted by Crippen LogP contribution is 2.19. The number of rotatable bonds is 9. The van der Waals surface area contributed by atoms with E-state index in [0.717, 1.165) is 37.6 Å². The maximum Gasteiger partial charge on any atom is 0.219 e. The number of aliphatic imine (C=N–C) groups is 1. The number of guanidine groups is 1. The molecule has 0 spiro atoms. The zero-order chi connectivity index (χ0) is 20.3. The summed E-state index contributed by atoms with van der Waals surface area (Å²) in [5.41, 5.74) is 0.963. The van der Waals surface area contributed by atoms with Crippen LogP contribution in [0.3, 0.4) is 0 Å². The van der Waals surface area contributed by atoms with E-state index in [0.29, 0.717) is 18.2 Å². The molecule has 2 heterocycles. The van der Waals surface area contributed by atoms with Crippen LogP contribution in [0.25, 0.3) is 0 Å². The van der Waals surface area contributed by atoms with Gasteiger partial charge in [0.15, 0.2) is 5.96 Å². The van der Waals surface area contributed by atoms with E-state index in [-0.39, 0.29) is 5.82 Å². The lowest BCUT2D eigenvalue weighted by molar-refractivity contribution is 0.461. The molecule has 2 aromatic heterocycles. The van der Waals surface area contributed by atoms with Gasteiger partial charge in [-0.05, 0) is 49.2 Å². The van der Waals surface area contributed by atoms with Crippen molar-refractivity contribution in [3.63, 3.8) is 0 Å². The number of halogens is 1. The number of nitrogens with one attached hydrogen (secondary N) is 2. The maximum atomic E-state index is 12.9. The van der Waals surface area contributed by atoms with E-state index in [9.17, 15) is 4.39 Å². The van der Waals surface area contributed by atoms with E-state index >= 15 is 0 Å². The molecule has 1 aromatic carbocycles. The minimum Gasteiger partial charge on any atom is -0.439 e. The number of aromatic nitrogens is 3. The van der Waals surface area contributed by atoms with E-state index in [1.807, 2.05) is 29.9 Å². The minimum absolute atomic E-state index is 0.301. The summed E-state index contributed by atoms with van der Waals surface area (Å²) in [4.78, 5) is 8.88. The van der Waals surface area contributed by atoms with Crippen molar-refractivity contribution in [3.05, 3.63) is 72.4 Å². The predicted molar refractivity (Wildman–Crippen MR) is 110 cm³/mol. The van der Waals surface area contributed by atoms with Crippen LogP contribution in [0.15, 0.2) is 66.0 Å². The largest absolute Gasteiger partial charge is 0.439 e. The molecule has 3 rings (SSSR count). The first-order valence-corrected chi connectivity index (χ1v) is 9.61. The molecule has 0 aliphatic rings. The molecule has 0 aliphatic carbocycles. The summed E-state index contributed by atoms with van der Waals surface area (Å²) in [6, 6.07) is 11.4. The number of nitrogens with zero attached hydrogens (tertiary/aromatic N) is 4. The second-order valence-electron chi connectivity index (χ2n) is 6.31. The summed E-state index contributed by atoms with van der Waals surface area (Å²) in [7, 11) is 0. The molecule has 0 saturated heterocycles. The van der Waals surface area contributed by atoms with Crippen LogP contribution >= 0.6 is 0 Å². The fourth-order valence-electron chi connectivity index (χ4n) is 2.58. The van der Waals surface area contributed by atoms with Gasteiger partial charge in [0.1, 0.15) is 11.6 Å². The number of pyridine rings is 1. The Hall–Kier alpha value is -3.42. The molecule has 0 bridgehead atoms. The molecule has 2 N–H and O–H groups in total. The summed E-state index contributed by atoms with van der Waals surface area (Å²) in [6.45, 7) is 4.98. The Morgan fingerprint density at radius 2 is 2.03 bits per heavy atom. The van der Waals surface area contributed by atoms with Crippen molar-refractivity contribution >= 4 is 5.96 Å². The molecule has 0 saturated carbocycles. The molecule has 0 fully saturated rings. The zero-order valence-corrected chi connectivity index (χ0v) is 16.4. The highest BCUT2D eigenvalue weighted by Gasteiger charge is 2.02. The van der Waals surface area contributed by atoms with Gasteiger partial charge in [-0.3, -0.25) is 4.68 Å². The standard InChI is InChI=1S/C21H25FN6O/c1-2-23-21(24-11-3-13-28-14-4-12-27-28)26-16-17-5-10-20(25-15-17)29-19-8-6-18(22)7-9-19/h4-10,12,14-15H,2-3,11,13,16H2,1H3,(H2,23,24,26). The van der Waals surface area contributed by atoms with Gasteiger partial charge < -0.3 is 15.4 Å². The molecule has 0 radical (unpaired) electrons. The summed E-state index contributed by atoms with van der Waals surface area (Å²) in [6.07, 6.45) is 6.41. The fourth-order valence-corrected chi connectivity index (χ4v) is 2.58. The maximum absolute atomic E-state index is 12.9. The first kappa shape index (κ1) is 20.3. The number of hydrogen-bond donors (Lipinski definition) is 2. The smallest absolute Gasteiger partial charge is 0.219 e. The third kappa shape index (κ3) is 6.91. The number of aryl methyl sites for hydroxylation is 1. The van der Waals surface area contributed by atoms with Gasteiger partial charge in [0.25, 0.3) is 0 Å². The molecular weight excluding hydrogens is 371 g/mol. The fraction of sp³-hybridized carbons (Fsp3) is 0.286. The van der Waals surface area contributed by atoms with Crippen molar-refractivity contribution < 1.29 is 9.13 Å². The Bertz CT molecular complexity index is 879. The Kier molecular flexibility index (Phi) is 7.56. The van der Waals surface area contributed by atoms with Gasteiger partial charge in [-0.15, -0.1) is 0 Å². The van der Waals surface area contributed by atoms with Gasteiger partial charge in [0.05, 0.1) is 6.54 Å². The number of hydrogen-bond acceptors (Lipinski definition) is 4. The molecule has 29 heavy (non-hydrogen) atoms. The van der Waals surface area contributed by atoms with Crippen molar-refractivity contribution in [2.45, 2.75) is 26.4 Å². The van der Waals surface area contributed by atoms with Gasteiger partial charge in [-0.2, -0.15) is 5.10 Å². The van der Waals surface area contributed by atoms with E-state index in [4.69, 9.17) is 4.74 Å². The highest BCUT2D eigenvalue weighted by atomic mass is 19.1. The predicted octanol–water partition coefficient (Wildman–Crippen LogP) is 3.35. The van der Waals surface area contributed by atoms with Crippen LogP contribution in [0.5, 0.6) is 11.6 Å². The molecule has 0 aliphatic heterocycles. The van der Waals surface area contributed by atoms with Crippen LogP contribution in [0.2, 0.25) is 0 Å². The minimum atomic E-state index is -0.301. The van der Waals surface area contributed by atoms with Crippen molar-refractivity contribution in [1.82, 2.24) is 25.4 Å². The average molecular weight is 396 g/mol. The Labute approximate surface area is 169 Å². The van der Waals surface area contributed by atoms with E-state index in [1.54, 1.807) is 30.6 Å². The lowest BCUT2D eigenvalue weighted by Gasteiger charge is -2.11. The van der Waals surface area contributed by atoms with Crippen molar-refractivity contribution in [1.29, 1.82) is 0 Å². The van der Waals surface area contributed by atoms with Gasteiger partial charge in [-0.1, -0.05) is 6.07 Å². The van der Waals surface area contributed by atoms with E-state index in [1.165, 1.54) is 12.1 Å². The van der Waals surface area contributed by atoms with Crippen LogP contribution in [0.1, 0.15) is 18.9 Å². The molecule has 0 unspecified atom stereocenters. The SMILES string of the molecule is CCNC(=NCc1ccc(Oc2ccc(F)cc2)nc1)NCCCn1cccn1. The second-order valence-corrected chi connectivity index (χ2v) is 6.31. The number of ether oxygens (including phenoxy) is 1. The number of benzene rings is 1. The van der Waals surface area contributed by atoms with Gasteiger partial charge in [-0.25, -0.2) is 14.4 Å². The van der Waals surface area contributed by atoms with Crippen molar-refractivity contribution in [2.24, 2.45) is 4.99 Å². The monoisotopic (exact) mass is 396 g/mol. The van der Waals surface area contributed by atoms with Crippen LogP contribution in [0.4, 0.5) is 4.39 Å². The second kappa shape index (κ2) is 10.8. The lowest BCUT2D eigenvalue weighted by Crippen LogP contribution is -2.38. The van der Waals surface area contributed by atoms with E-state index < -0.39 is 0 Å². The van der Waals surface area contributed by atoms with Crippen LogP contribution in [-0.2, 0) is 13.1 Å². The Morgan fingerprint density at radius 3 is 2.72 bits per heavy atom. The van der Waals surface area contributed by atoms with Crippen LogP contribution < -0.4 is 15.4 Å². The highest BCUT2D eigenvalue weighted by molar-refractivity contribution is 5.79. The van der Waals surface area contributed by atoms with Crippen LogP contribution in [-0.4, -0.2) is 33.8 Å². The summed E-state index contributed by atoms with van der Waals surface area (Å²) >= 11 is 0. The topological polar surface area (TPSA) is 76.4 Å². The van der Waals surface area contributed by atoms with Gasteiger partial charge >= 0.3 is 0 Å². The van der Waals surface area contributed by atoms with Gasteiger partial charge in [0, 0.05) is 44.3 Å².